The average Bonchev–Trinajstić information content (AvgIpc) is 2.93. The van der Waals surface area contributed by atoms with Gasteiger partial charge in [0.25, 0.3) is 5.69 Å². The summed E-state index contributed by atoms with van der Waals surface area (Å²) in [7, 11) is 0. The Kier molecular flexibility index (Phi) is 3.50. The molecule has 106 valence electrons. The lowest BCUT2D eigenvalue weighted by atomic mass is 10.1. The molecule has 0 spiro atoms. The molecule has 0 aliphatic carbocycles. The zero-order chi connectivity index (χ0) is 14.8. The van der Waals surface area contributed by atoms with Crippen molar-refractivity contribution < 1.29 is 4.92 Å². The SMILES string of the molecule is O=[N+]([O-])c1ccc(NCc2ccc3cc[nH]c3c2)c(Cl)c1. The van der Waals surface area contributed by atoms with E-state index in [-0.39, 0.29) is 5.69 Å². The van der Waals surface area contributed by atoms with E-state index in [9.17, 15) is 10.1 Å². The van der Waals surface area contributed by atoms with Gasteiger partial charge in [0.1, 0.15) is 0 Å². The second-order valence-corrected chi connectivity index (χ2v) is 5.08. The molecule has 3 rings (SSSR count). The van der Waals surface area contributed by atoms with Crippen molar-refractivity contribution in [2.75, 3.05) is 5.32 Å². The van der Waals surface area contributed by atoms with Crippen molar-refractivity contribution in [1.29, 1.82) is 0 Å². The first kappa shape index (κ1) is 13.5. The second-order valence-electron chi connectivity index (χ2n) is 4.67. The van der Waals surface area contributed by atoms with Gasteiger partial charge in [-0.25, -0.2) is 0 Å². The Morgan fingerprint density at radius 3 is 2.81 bits per heavy atom. The molecule has 21 heavy (non-hydrogen) atoms. The van der Waals surface area contributed by atoms with Crippen LogP contribution in [0, 0.1) is 10.1 Å². The number of aromatic nitrogens is 1. The van der Waals surface area contributed by atoms with Crippen LogP contribution in [-0.4, -0.2) is 9.91 Å². The Morgan fingerprint density at radius 2 is 2.05 bits per heavy atom. The topological polar surface area (TPSA) is 71.0 Å². The number of nitrogens with zero attached hydrogens (tertiary/aromatic N) is 1. The van der Waals surface area contributed by atoms with E-state index < -0.39 is 4.92 Å². The first-order valence-corrected chi connectivity index (χ1v) is 6.75. The molecule has 1 heterocycles. The van der Waals surface area contributed by atoms with Gasteiger partial charge in [0.2, 0.25) is 0 Å². The van der Waals surface area contributed by atoms with Gasteiger partial charge >= 0.3 is 0 Å². The summed E-state index contributed by atoms with van der Waals surface area (Å²) in [6, 6.07) is 12.5. The Bertz CT molecular complexity index is 814. The zero-order valence-corrected chi connectivity index (χ0v) is 11.7. The highest BCUT2D eigenvalue weighted by atomic mass is 35.5. The predicted molar refractivity (Wildman–Crippen MR) is 83.7 cm³/mol. The van der Waals surface area contributed by atoms with Crippen LogP contribution in [0.4, 0.5) is 11.4 Å². The third kappa shape index (κ3) is 2.83. The third-order valence-corrected chi connectivity index (χ3v) is 3.58. The van der Waals surface area contributed by atoms with E-state index in [1.54, 1.807) is 6.07 Å². The van der Waals surface area contributed by atoms with Crippen molar-refractivity contribution in [3.8, 4) is 0 Å². The predicted octanol–water partition coefficient (Wildman–Crippen LogP) is 4.34. The van der Waals surface area contributed by atoms with Gasteiger partial charge in [0.15, 0.2) is 0 Å². The lowest BCUT2D eigenvalue weighted by molar-refractivity contribution is -0.384. The number of H-pyrrole nitrogens is 1. The molecule has 2 aromatic carbocycles. The Hall–Kier alpha value is -2.53. The summed E-state index contributed by atoms with van der Waals surface area (Å²) in [5, 5.41) is 15.3. The minimum Gasteiger partial charge on any atom is -0.380 e. The summed E-state index contributed by atoms with van der Waals surface area (Å²) in [5.41, 5.74) is 2.83. The van der Waals surface area contributed by atoms with Crippen molar-refractivity contribution in [3.63, 3.8) is 0 Å². The van der Waals surface area contributed by atoms with Crippen LogP contribution in [0.2, 0.25) is 5.02 Å². The minimum atomic E-state index is -0.463. The summed E-state index contributed by atoms with van der Waals surface area (Å²) in [6.07, 6.45) is 1.90. The molecule has 0 atom stereocenters. The number of non-ortho nitro benzene ring substituents is 1. The van der Waals surface area contributed by atoms with Crippen molar-refractivity contribution in [2.24, 2.45) is 0 Å². The number of nitro groups is 1. The fourth-order valence-electron chi connectivity index (χ4n) is 2.16. The van der Waals surface area contributed by atoms with Gasteiger partial charge in [-0.15, -0.1) is 0 Å². The number of hydrogen-bond donors (Lipinski definition) is 2. The quantitative estimate of drug-likeness (QED) is 0.556. The molecule has 3 aromatic rings. The maximum atomic E-state index is 10.7. The molecule has 0 radical (unpaired) electrons. The highest BCUT2D eigenvalue weighted by Crippen LogP contribution is 2.27. The van der Waals surface area contributed by atoms with Gasteiger partial charge in [0.05, 0.1) is 15.6 Å². The number of halogens is 1. The number of aromatic amines is 1. The van der Waals surface area contributed by atoms with Crippen LogP contribution >= 0.6 is 11.6 Å². The maximum Gasteiger partial charge on any atom is 0.271 e. The summed E-state index contributed by atoms with van der Waals surface area (Å²) in [4.78, 5) is 13.4. The third-order valence-electron chi connectivity index (χ3n) is 3.27. The van der Waals surface area contributed by atoms with Crippen molar-refractivity contribution in [3.05, 3.63) is 69.4 Å². The number of anilines is 1. The van der Waals surface area contributed by atoms with Gasteiger partial charge in [-0.05, 0) is 29.1 Å². The molecule has 0 fully saturated rings. The number of rotatable bonds is 4. The molecular weight excluding hydrogens is 290 g/mol. The zero-order valence-electron chi connectivity index (χ0n) is 11.0. The molecule has 0 aliphatic rings. The van der Waals surface area contributed by atoms with Crippen LogP contribution in [0.1, 0.15) is 5.56 Å². The molecule has 1 aromatic heterocycles. The van der Waals surface area contributed by atoms with Crippen LogP contribution in [0.3, 0.4) is 0 Å². The summed E-state index contributed by atoms with van der Waals surface area (Å²) >= 11 is 6.04. The maximum absolute atomic E-state index is 10.7. The Labute approximate surface area is 125 Å². The molecule has 6 heteroatoms. The molecule has 0 amide bonds. The smallest absolute Gasteiger partial charge is 0.271 e. The molecule has 0 saturated carbocycles. The van der Waals surface area contributed by atoms with E-state index in [1.807, 2.05) is 24.4 Å². The number of nitrogens with one attached hydrogen (secondary N) is 2. The van der Waals surface area contributed by atoms with Crippen LogP contribution in [0.25, 0.3) is 10.9 Å². The van der Waals surface area contributed by atoms with E-state index in [0.717, 1.165) is 16.5 Å². The highest BCUT2D eigenvalue weighted by molar-refractivity contribution is 6.33. The fourth-order valence-corrected chi connectivity index (χ4v) is 2.40. The van der Waals surface area contributed by atoms with Gasteiger partial charge in [0, 0.05) is 30.4 Å². The van der Waals surface area contributed by atoms with E-state index >= 15 is 0 Å². The van der Waals surface area contributed by atoms with Crippen molar-refractivity contribution in [1.82, 2.24) is 4.98 Å². The molecule has 2 N–H and O–H groups in total. The molecule has 0 unspecified atom stereocenters. The summed E-state index contributed by atoms with van der Waals surface area (Å²) < 4.78 is 0. The van der Waals surface area contributed by atoms with Crippen LogP contribution < -0.4 is 5.32 Å². The van der Waals surface area contributed by atoms with Crippen LogP contribution in [-0.2, 0) is 6.54 Å². The van der Waals surface area contributed by atoms with E-state index in [0.29, 0.717) is 17.3 Å². The van der Waals surface area contributed by atoms with Crippen molar-refractivity contribution in [2.45, 2.75) is 6.54 Å². The highest BCUT2D eigenvalue weighted by Gasteiger charge is 2.09. The van der Waals surface area contributed by atoms with E-state index in [2.05, 4.69) is 16.4 Å². The standard InChI is InChI=1S/C15H12ClN3O2/c16-13-8-12(19(20)21)3-4-14(13)18-9-10-1-2-11-5-6-17-15(11)7-10/h1-8,17-18H,9H2. The molecule has 5 nitrogen and oxygen atoms in total. The Morgan fingerprint density at radius 1 is 1.19 bits per heavy atom. The van der Waals surface area contributed by atoms with Crippen molar-refractivity contribution >= 4 is 33.9 Å². The van der Waals surface area contributed by atoms with E-state index in [4.69, 9.17) is 11.6 Å². The number of benzene rings is 2. The van der Waals surface area contributed by atoms with Gasteiger partial charge < -0.3 is 10.3 Å². The first-order chi connectivity index (χ1) is 10.1. The normalized spacial score (nSPS) is 10.7. The van der Waals surface area contributed by atoms with Crippen LogP contribution in [0.15, 0.2) is 48.7 Å². The molecule has 0 bridgehead atoms. The summed E-state index contributed by atoms with van der Waals surface area (Å²) in [5.74, 6) is 0. The van der Waals surface area contributed by atoms with E-state index in [1.165, 1.54) is 12.1 Å². The van der Waals surface area contributed by atoms with Crippen LogP contribution in [0.5, 0.6) is 0 Å². The number of fused-ring (bicyclic) bond motifs is 1. The lowest BCUT2D eigenvalue weighted by Crippen LogP contribution is -2.00. The second kappa shape index (κ2) is 5.46. The largest absolute Gasteiger partial charge is 0.380 e. The average molecular weight is 302 g/mol. The Balaban J connectivity index is 1.76. The monoisotopic (exact) mass is 301 g/mol. The van der Waals surface area contributed by atoms with Gasteiger partial charge in [-0.1, -0.05) is 23.7 Å². The number of hydrogen-bond acceptors (Lipinski definition) is 3. The molecular formula is C15H12ClN3O2. The van der Waals surface area contributed by atoms with Gasteiger partial charge in [-0.3, -0.25) is 10.1 Å². The minimum absolute atomic E-state index is 0.0154. The first-order valence-electron chi connectivity index (χ1n) is 6.37. The van der Waals surface area contributed by atoms with Gasteiger partial charge in [-0.2, -0.15) is 0 Å². The summed E-state index contributed by atoms with van der Waals surface area (Å²) in [6.45, 7) is 0.590. The molecule has 0 saturated heterocycles. The molecule has 0 aliphatic heterocycles. The lowest BCUT2D eigenvalue weighted by Gasteiger charge is -2.08. The fraction of sp³-hybridized carbons (Fsp3) is 0.0667. The number of nitro benzene ring substituents is 1.